The number of aryl methyl sites for hydroxylation is 2. The van der Waals surface area contributed by atoms with Crippen LogP contribution in [0.25, 0.3) is 0 Å². The van der Waals surface area contributed by atoms with Crippen LogP contribution < -0.4 is 5.32 Å². The molecule has 0 spiro atoms. The van der Waals surface area contributed by atoms with Gasteiger partial charge in [-0.2, -0.15) is 0 Å². The third-order valence-corrected chi connectivity index (χ3v) is 4.08. The third-order valence-electron chi connectivity index (χ3n) is 3.02. The Morgan fingerprint density at radius 3 is 2.79 bits per heavy atom. The predicted molar refractivity (Wildman–Crippen MR) is 79.0 cm³/mol. The van der Waals surface area contributed by atoms with E-state index in [1.807, 2.05) is 38.1 Å². The van der Waals surface area contributed by atoms with Gasteiger partial charge in [0.05, 0.1) is 5.56 Å². The number of carbonyl (C=O) groups excluding carboxylic acids is 1. The zero-order valence-electron chi connectivity index (χ0n) is 10.9. The first kappa shape index (κ1) is 13.7. The minimum Gasteiger partial charge on any atom is -0.348 e. The van der Waals surface area contributed by atoms with E-state index in [-0.39, 0.29) is 5.91 Å². The molecule has 1 heterocycles. The Labute approximate surface area is 121 Å². The van der Waals surface area contributed by atoms with E-state index in [0.717, 1.165) is 21.2 Å². The summed E-state index contributed by atoms with van der Waals surface area (Å²) in [5.74, 6) is -0.0844. The van der Waals surface area contributed by atoms with Crippen LogP contribution in [0.15, 0.2) is 41.1 Å². The van der Waals surface area contributed by atoms with Crippen molar-refractivity contribution in [2.45, 2.75) is 20.4 Å². The highest BCUT2D eigenvalue weighted by Crippen LogP contribution is 2.21. The molecule has 0 radical (unpaired) electrons. The van der Waals surface area contributed by atoms with Gasteiger partial charge in [-0.25, -0.2) is 0 Å². The van der Waals surface area contributed by atoms with Crippen LogP contribution in [0.1, 0.15) is 27.0 Å². The number of halogens is 1. The van der Waals surface area contributed by atoms with E-state index in [4.69, 9.17) is 0 Å². The van der Waals surface area contributed by atoms with Gasteiger partial charge >= 0.3 is 0 Å². The molecule has 0 unspecified atom stereocenters. The molecule has 19 heavy (non-hydrogen) atoms. The number of rotatable bonds is 3. The smallest absolute Gasteiger partial charge is 0.252 e. The van der Waals surface area contributed by atoms with E-state index in [2.05, 4.69) is 26.2 Å². The molecule has 0 saturated carbocycles. The fraction of sp³-hybridized carbons (Fsp3) is 0.200. The standard InChI is InChI=1S/C15H15BrN2O/c1-10-6-7-17-8-12(10)9-18-15(19)13-5-3-4-11(2)14(13)16/h3-8H,9H2,1-2H3,(H,18,19). The van der Waals surface area contributed by atoms with Crippen molar-refractivity contribution in [3.8, 4) is 0 Å². The van der Waals surface area contributed by atoms with Crippen LogP contribution in [0.3, 0.4) is 0 Å². The second kappa shape index (κ2) is 5.97. The fourth-order valence-corrected chi connectivity index (χ4v) is 2.22. The van der Waals surface area contributed by atoms with Crippen LogP contribution in [0.5, 0.6) is 0 Å². The summed E-state index contributed by atoms with van der Waals surface area (Å²) in [4.78, 5) is 16.2. The van der Waals surface area contributed by atoms with Gasteiger partial charge in [0.1, 0.15) is 0 Å². The van der Waals surface area contributed by atoms with E-state index in [1.165, 1.54) is 0 Å². The largest absolute Gasteiger partial charge is 0.348 e. The molecule has 0 fully saturated rings. The van der Waals surface area contributed by atoms with Crippen LogP contribution in [0.4, 0.5) is 0 Å². The Bertz CT molecular complexity index is 611. The molecule has 1 N–H and O–H groups in total. The normalized spacial score (nSPS) is 10.3. The molecule has 3 nitrogen and oxygen atoms in total. The Morgan fingerprint density at radius 1 is 1.26 bits per heavy atom. The fourth-order valence-electron chi connectivity index (χ4n) is 1.78. The molecule has 98 valence electrons. The first-order valence-electron chi connectivity index (χ1n) is 6.02. The molecule has 2 aromatic rings. The lowest BCUT2D eigenvalue weighted by Crippen LogP contribution is -2.23. The Kier molecular flexibility index (Phi) is 4.32. The van der Waals surface area contributed by atoms with E-state index in [1.54, 1.807) is 12.4 Å². The van der Waals surface area contributed by atoms with Crippen LogP contribution in [-0.2, 0) is 6.54 Å². The van der Waals surface area contributed by atoms with Crippen molar-refractivity contribution in [2.75, 3.05) is 0 Å². The summed E-state index contributed by atoms with van der Waals surface area (Å²) in [7, 11) is 0. The summed E-state index contributed by atoms with van der Waals surface area (Å²) < 4.78 is 0.843. The van der Waals surface area contributed by atoms with E-state index < -0.39 is 0 Å². The van der Waals surface area contributed by atoms with Crippen molar-refractivity contribution in [1.82, 2.24) is 10.3 Å². The van der Waals surface area contributed by atoms with E-state index in [0.29, 0.717) is 12.1 Å². The lowest BCUT2D eigenvalue weighted by Gasteiger charge is -2.09. The highest BCUT2D eigenvalue weighted by molar-refractivity contribution is 9.10. The summed E-state index contributed by atoms with van der Waals surface area (Å²) in [6.45, 7) is 4.46. The van der Waals surface area contributed by atoms with Crippen molar-refractivity contribution in [1.29, 1.82) is 0 Å². The molecule has 1 amide bonds. The van der Waals surface area contributed by atoms with Gasteiger partial charge in [0.2, 0.25) is 0 Å². The molecule has 0 saturated heterocycles. The first-order valence-corrected chi connectivity index (χ1v) is 6.81. The third kappa shape index (κ3) is 3.20. The van der Waals surface area contributed by atoms with Gasteiger partial charge in [0.15, 0.2) is 0 Å². The maximum atomic E-state index is 12.1. The van der Waals surface area contributed by atoms with Crippen molar-refractivity contribution >= 4 is 21.8 Å². The lowest BCUT2D eigenvalue weighted by molar-refractivity contribution is 0.0950. The minimum atomic E-state index is -0.0844. The van der Waals surface area contributed by atoms with Crippen molar-refractivity contribution < 1.29 is 4.79 Å². The topological polar surface area (TPSA) is 42.0 Å². The van der Waals surface area contributed by atoms with Crippen LogP contribution in [-0.4, -0.2) is 10.9 Å². The maximum Gasteiger partial charge on any atom is 0.252 e. The zero-order valence-corrected chi connectivity index (χ0v) is 12.5. The molecule has 2 rings (SSSR count). The van der Waals surface area contributed by atoms with Crippen LogP contribution in [0, 0.1) is 13.8 Å². The first-order chi connectivity index (χ1) is 9.09. The maximum absolute atomic E-state index is 12.1. The number of pyridine rings is 1. The SMILES string of the molecule is Cc1ccncc1CNC(=O)c1cccc(C)c1Br. The molecular formula is C15H15BrN2O. The Morgan fingerprint density at radius 2 is 2.05 bits per heavy atom. The van der Waals surface area contributed by atoms with Gasteiger partial charge in [0.25, 0.3) is 5.91 Å². The van der Waals surface area contributed by atoms with Crippen LogP contribution in [0.2, 0.25) is 0 Å². The number of amides is 1. The number of benzene rings is 1. The van der Waals surface area contributed by atoms with Gasteiger partial charge in [0, 0.05) is 23.4 Å². The number of nitrogens with zero attached hydrogens (tertiary/aromatic N) is 1. The molecule has 0 bridgehead atoms. The lowest BCUT2D eigenvalue weighted by atomic mass is 10.1. The molecule has 0 aliphatic heterocycles. The average molecular weight is 319 g/mol. The van der Waals surface area contributed by atoms with Crippen LogP contribution >= 0.6 is 15.9 Å². The summed E-state index contributed by atoms with van der Waals surface area (Å²) in [5.41, 5.74) is 3.85. The van der Waals surface area contributed by atoms with Gasteiger partial charge in [-0.15, -0.1) is 0 Å². The van der Waals surface area contributed by atoms with Gasteiger partial charge < -0.3 is 5.32 Å². The van der Waals surface area contributed by atoms with E-state index in [9.17, 15) is 4.79 Å². The van der Waals surface area contributed by atoms with Crippen molar-refractivity contribution in [3.63, 3.8) is 0 Å². The summed E-state index contributed by atoms with van der Waals surface area (Å²) >= 11 is 3.45. The molecule has 0 atom stereocenters. The second-order valence-corrected chi connectivity index (χ2v) is 5.21. The van der Waals surface area contributed by atoms with Gasteiger partial charge in [-0.05, 0) is 58.6 Å². The molecule has 4 heteroatoms. The zero-order chi connectivity index (χ0) is 13.8. The quantitative estimate of drug-likeness (QED) is 0.942. The molecular weight excluding hydrogens is 304 g/mol. The Hall–Kier alpha value is -1.68. The van der Waals surface area contributed by atoms with Gasteiger partial charge in [-0.1, -0.05) is 12.1 Å². The second-order valence-electron chi connectivity index (χ2n) is 4.42. The average Bonchev–Trinajstić information content (AvgIpc) is 2.40. The van der Waals surface area contributed by atoms with Gasteiger partial charge in [-0.3, -0.25) is 9.78 Å². The monoisotopic (exact) mass is 318 g/mol. The predicted octanol–water partition coefficient (Wildman–Crippen LogP) is 3.39. The number of aromatic nitrogens is 1. The number of carbonyl (C=O) groups is 1. The highest BCUT2D eigenvalue weighted by Gasteiger charge is 2.11. The Balaban J connectivity index is 2.10. The molecule has 1 aromatic heterocycles. The molecule has 1 aromatic carbocycles. The van der Waals surface area contributed by atoms with Crippen molar-refractivity contribution in [2.24, 2.45) is 0 Å². The molecule has 0 aliphatic carbocycles. The summed E-state index contributed by atoms with van der Waals surface area (Å²) in [6.07, 6.45) is 3.53. The number of hydrogen-bond donors (Lipinski definition) is 1. The van der Waals surface area contributed by atoms with E-state index >= 15 is 0 Å². The number of hydrogen-bond acceptors (Lipinski definition) is 2. The summed E-state index contributed by atoms with van der Waals surface area (Å²) in [5, 5.41) is 2.92. The minimum absolute atomic E-state index is 0.0844. The summed E-state index contributed by atoms with van der Waals surface area (Å²) in [6, 6.07) is 7.59. The van der Waals surface area contributed by atoms with Crippen molar-refractivity contribution in [3.05, 3.63) is 63.4 Å². The number of nitrogens with one attached hydrogen (secondary N) is 1. The molecule has 0 aliphatic rings. The highest BCUT2D eigenvalue weighted by atomic mass is 79.9.